The maximum absolute atomic E-state index is 13.0. The van der Waals surface area contributed by atoms with Crippen LogP contribution in [0.15, 0.2) is 30.5 Å². The van der Waals surface area contributed by atoms with Crippen molar-refractivity contribution in [2.75, 3.05) is 12.8 Å². The van der Waals surface area contributed by atoms with Gasteiger partial charge in [-0.3, -0.25) is 0 Å². The van der Waals surface area contributed by atoms with Crippen LogP contribution in [0.1, 0.15) is 21.6 Å². The summed E-state index contributed by atoms with van der Waals surface area (Å²) >= 11 is 0. The van der Waals surface area contributed by atoms with Gasteiger partial charge in [0, 0.05) is 11.8 Å². The Morgan fingerprint density at radius 1 is 1.32 bits per heavy atom. The fourth-order valence-corrected chi connectivity index (χ4v) is 2.56. The third-order valence-corrected chi connectivity index (χ3v) is 3.74. The Balaban J connectivity index is 2.23. The molecule has 2 aromatic heterocycles. The van der Waals surface area contributed by atoms with Crippen LogP contribution < -0.4 is 5.73 Å². The lowest BCUT2D eigenvalue weighted by molar-refractivity contribution is -0.137. The van der Waals surface area contributed by atoms with Crippen molar-refractivity contribution in [2.24, 2.45) is 0 Å². The predicted octanol–water partition coefficient (Wildman–Crippen LogP) is 3.09. The Kier molecular flexibility index (Phi) is 3.86. The third-order valence-electron chi connectivity index (χ3n) is 3.74. The largest absolute Gasteiger partial charge is 0.465 e. The molecule has 0 saturated heterocycles. The van der Waals surface area contributed by atoms with E-state index in [9.17, 15) is 18.0 Å². The van der Waals surface area contributed by atoms with Crippen LogP contribution in [0.5, 0.6) is 0 Å². The van der Waals surface area contributed by atoms with E-state index < -0.39 is 17.7 Å². The minimum absolute atomic E-state index is 0.00169. The molecule has 0 fully saturated rings. The molecule has 0 aliphatic carbocycles. The molecule has 3 aromatic rings. The molecule has 1 aromatic carbocycles. The van der Waals surface area contributed by atoms with E-state index in [2.05, 4.69) is 14.8 Å². The highest BCUT2D eigenvalue weighted by Gasteiger charge is 2.31. The number of esters is 1. The molecule has 130 valence electrons. The van der Waals surface area contributed by atoms with E-state index in [1.54, 1.807) is 6.92 Å². The number of ether oxygens (including phenoxy) is 1. The Labute approximate surface area is 140 Å². The topological polar surface area (TPSA) is 82.5 Å². The number of nitrogen functional groups attached to an aromatic ring is 1. The summed E-state index contributed by atoms with van der Waals surface area (Å²) in [5.74, 6) is -0.682. The summed E-state index contributed by atoms with van der Waals surface area (Å²) in [5, 5.41) is 4.20. The van der Waals surface area contributed by atoms with E-state index in [0.717, 1.165) is 12.1 Å². The second kappa shape index (κ2) is 5.76. The van der Waals surface area contributed by atoms with Crippen molar-refractivity contribution in [3.8, 4) is 11.1 Å². The molecule has 0 atom stereocenters. The van der Waals surface area contributed by atoms with E-state index in [4.69, 9.17) is 5.73 Å². The molecule has 0 spiro atoms. The van der Waals surface area contributed by atoms with Crippen molar-refractivity contribution in [2.45, 2.75) is 13.1 Å². The second-order valence-corrected chi connectivity index (χ2v) is 5.32. The fourth-order valence-electron chi connectivity index (χ4n) is 2.56. The molecule has 0 bridgehead atoms. The van der Waals surface area contributed by atoms with Crippen LogP contribution in [0.25, 0.3) is 16.8 Å². The molecule has 2 N–H and O–H groups in total. The van der Waals surface area contributed by atoms with E-state index in [-0.39, 0.29) is 17.0 Å². The molecule has 2 heterocycles. The number of hydrogen-bond acceptors (Lipinski definition) is 5. The first-order chi connectivity index (χ1) is 11.7. The third kappa shape index (κ3) is 2.77. The second-order valence-electron chi connectivity index (χ2n) is 5.32. The SMILES string of the molecule is COC(=O)c1cnc2c(-c3cccc(C(F)(F)F)c3)c(C)nn2c1N. The van der Waals surface area contributed by atoms with Gasteiger partial charge in [0.25, 0.3) is 0 Å². The molecule has 25 heavy (non-hydrogen) atoms. The van der Waals surface area contributed by atoms with Gasteiger partial charge in [0.2, 0.25) is 0 Å². The van der Waals surface area contributed by atoms with Gasteiger partial charge < -0.3 is 10.5 Å². The van der Waals surface area contributed by atoms with Crippen LogP contribution in [-0.4, -0.2) is 27.7 Å². The first-order valence-corrected chi connectivity index (χ1v) is 7.13. The molecule has 3 rings (SSSR count). The lowest BCUT2D eigenvalue weighted by Gasteiger charge is -2.09. The standard InChI is InChI=1S/C16H13F3N4O2/c1-8-12(9-4-3-5-10(6-9)16(17,18)19)14-21-7-11(15(24)25-2)13(20)23(14)22-8/h3-7H,20H2,1-2H3. The smallest absolute Gasteiger partial charge is 0.416 e. The number of anilines is 1. The average Bonchev–Trinajstić information content (AvgIpc) is 2.91. The van der Waals surface area contributed by atoms with E-state index in [1.807, 2.05) is 0 Å². The number of fused-ring (bicyclic) bond motifs is 1. The zero-order valence-electron chi connectivity index (χ0n) is 13.3. The van der Waals surface area contributed by atoms with Gasteiger partial charge in [0.15, 0.2) is 5.65 Å². The van der Waals surface area contributed by atoms with Crippen LogP contribution in [0.2, 0.25) is 0 Å². The van der Waals surface area contributed by atoms with Gasteiger partial charge in [0.1, 0.15) is 11.4 Å². The quantitative estimate of drug-likeness (QED) is 0.718. The number of carbonyl (C=O) groups is 1. The van der Waals surface area contributed by atoms with Gasteiger partial charge in [-0.2, -0.15) is 22.8 Å². The van der Waals surface area contributed by atoms with Crippen LogP contribution in [0.4, 0.5) is 19.0 Å². The summed E-state index contributed by atoms with van der Waals surface area (Å²) in [6.07, 6.45) is -3.24. The predicted molar refractivity (Wildman–Crippen MR) is 83.9 cm³/mol. The van der Waals surface area contributed by atoms with Gasteiger partial charge in [-0.1, -0.05) is 12.1 Å². The number of halogens is 3. The maximum atomic E-state index is 13.0. The van der Waals surface area contributed by atoms with E-state index in [0.29, 0.717) is 16.8 Å². The van der Waals surface area contributed by atoms with Crippen molar-refractivity contribution >= 4 is 17.4 Å². The number of nitrogens with two attached hydrogens (primary N) is 1. The molecule has 0 radical (unpaired) electrons. The van der Waals surface area contributed by atoms with Crippen LogP contribution in [0.3, 0.4) is 0 Å². The highest BCUT2D eigenvalue weighted by Crippen LogP contribution is 2.34. The Hall–Kier alpha value is -3.10. The molecule has 9 heteroatoms. The van der Waals surface area contributed by atoms with Gasteiger partial charge in [-0.05, 0) is 24.6 Å². The van der Waals surface area contributed by atoms with Crippen molar-refractivity contribution in [3.63, 3.8) is 0 Å². The van der Waals surface area contributed by atoms with Crippen LogP contribution in [-0.2, 0) is 10.9 Å². The number of alkyl halides is 3. The molecule has 0 unspecified atom stereocenters. The van der Waals surface area contributed by atoms with Gasteiger partial charge in [-0.15, -0.1) is 0 Å². The first-order valence-electron chi connectivity index (χ1n) is 7.13. The van der Waals surface area contributed by atoms with Crippen molar-refractivity contribution in [1.29, 1.82) is 0 Å². The fraction of sp³-hybridized carbons (Fsp3) is 0.188. The molecule has 6 nitrogen and oxygen atoms in total. The highest BCUT2D eigenvalue weighted by atomic mass is 19.4. The Morgan fingerprint density at radius 2 is 2.04 bits per heavy atom. The maximum Gasteiger partial charge on any atom is 0.416 e. The highest BCUT2D eigenvalue weighted by molar-refractivity contribution is 5.95. The monoisotopic (exact) mass is 350 g/mol. The van der Waals surface area contributed by atoms with Gasteiger partial charge >= 0.3 is 12.1 Å². The minimum Gasteiger partial charge on any atom is -0.465 e. The molecular weight excluding hydrogens is 337 g/mol. The normalized spacial score (nSPS) is 11.7. The molecule has 0 saturated carbocycles. The minimum atomic E-state index is -4.46. The summed E-state index contributed by atoms with van der Waals surface area (Å²) in [5.41, 5.74) is 6.58. The van der Waals surface area contributed by atoms with Gasteiger partial charge in [0.05, 0.1) is 18.4 Å². The molecule has 0 aliphatic rings. The number of benzene rings is 1. The number of aryl methyl sites for hydroxylation is 1. The van der Waals surface area contributed by atoms with E-state index >= 15 is 0 Å². The summed E-state index contributed by atoms with van der Waals surface area (Å²) < 4.78 is 44.7. The first kappa shape index (κ1) is 16.7. The lowest BCUT2D eigenvalue weighted by Crippen LogP contribution is -2.11. The number of hydrogen-bond donors (Lipinski definition) is 1. The zero-order chi connectivity index (χ0) is 18.4. The number of nitrogens with zero attached hydrogens (tertiary/aromatic N) is 3. The van der Waals surface area contributed by atoms with Crippen molar-refractivity contribution in [1.82, 2.24) is 14.6 Å². The summed E-state index contributed by atoms with van der Waals surface area (Å²) in [4.78, 5) is 15.8. The number of carbonyl (C=O) groups excluding carboxylic acids is 1. The lowest BCUT2D eigenvalue weighted by atomic mass is 10.0. The van der Waals surface area contributed by atoms with Gasteiger partial charge in [-0.25, -0.2) is 9.78 Å². The summed E-state index contributed by atoms with van der Waals surface area (Å²) in [7, 11) is 1.20. The van der Waals surface area contributed by atoms with Crippen LogP contribution in [0, 0.1) is 6.92 Å². The average molecular weight is 350 g/mol. The number of methoxy groups -OCH3 is 1. The van der Waals surface area contributed by atoms with Crippen molar-refractivity contribution in [3.05, 3.63) is 47.3 Å². The summed E-state index contributed by atoms with van der Waals surface area (Å²) in [6.45, 7) is 1.63. The molecule has 0 amide bonds. The molecule has 0 aliphatic heterocycles. The number of rotatable bonds is 2. The van der Waals surface area contributed by atoms with Crippen molar-refractivity contribution < 1.29 is 22.7 Å². The Bertz CT molecular complexity index is 979. The Morgan fingerprint density at radius 3 is 2.68 bits per heavy atom. The van der Waals surface area contributed by atoms with E-state index in [1.165, 1.54) is 30.0 Å². The summed E-state index contributed by atoms with van der Waals surface area (Å²) in [6, 6.07) is 4.86. The molecular formula is C16H13F3N4O2. The zero-order valence-corrected chi connectivity index (χ0v) is 13.3. The number of aromatic nitrogens is 3. The van der Waals surface area contributed by atoms with Crippen LogP contribution >= 0.6 is 0 Å².